The lowest BCUT2D eigenvalue weighted by molar-refractivity contribution is -0.384. The zero-order chi connectivity index (χ0) is 17.8. The summed E-state index contributed by atoms with van der Waals surface area (Å²) in [5, 5.41) is 17.6. The van der Waals surface area contributed by atoms with Crippen LogP contribution in [0.25, 0.3) is 0 Å². The molecule has 3 aromatic rings. The molecule has 126 valence electrons. The molecule has 0 saturated heterocycles. The van der Waals surface area contributed by atoms with Crippen molar-refractivity contribution in [2.45, 2.75) is 6.54 Å². The predicted molar refractivity (Wildman–Crippen MR) is 88.8 cm³/mol. The molecule has 0 aliphatic heterocycles. The molecule has 1 heterocycles. The number of halogens is 1. The van der Waals surface area contributed by atoms with Gasteiger partial charge in [-0.1, -0.05) is 18.2 Å². The number of hydrogen-bond donors (Lipinski definition) is 1. The van der Waals surface area contributed by atoms with Crippen LogP contribution < -0.4 is 5.32 Å². The summed E-state index contributed by atoms with van der Waals surface area (Å²) >= 11 is 0. The molecule has 25 heavy (non-hydrogen) atoms. The number of non-ortho nitro benzene ring substituents is 1. The van der Waals surface area contributed by atoms with E-state index in [1.165, 1.54) is 36.4 Å². The van der Waals surface area contributed by atoms with Crippen LogP contribution in [0.2, 0.25) is 0 Å². The second-order valence-electron chi connectivity index (χ2n) is 5.29. The molecule has 0 radical (unpaired) electrons. The summed E-state index contributed by atoms with van der Waals surface area (Å²) in [6.07, 6.45) is 1.67. The number of nitro groups is 1. The highest BCUT2D eigenvalue weighted by molar-refractivity contribution is 6.04. The Morgan fingerprint density at radius 2 is 1.96 bits per heavy atom. The molecule has 0 atom stereocenters. The van der Waals surface area contributed by atoms with Gasteiger partial charge in [-0.2, -0.15) is 5.10 Å². The van der Waals surface area contributed by atoms with Gasteiger partial charge < -0.3 is 5.32 Å². The standard InChI is InChI=1S/C17H13FN4O3/c18-14-6-4-12(5-7-14)11-21-9-8-16(20-21)19-17(23)13-2-1-3-15(10-13)22(24)25/h1-10H,11H2,(H,19,20,23). The molecule has 1 N–H and O–H groups in total. The maximum atomic E-state index is 12.9. The average Bonchev–Trinajstić information content (AvgIpc) is 3.04. The molecule has 0 unspecified atom stereocenters. The number of nitrogens with zero attached hydrogens (tertiary/aromatic N) is 3. The molecule has 7 nitrogen and oxygen atoms in total. The lowest BCUT2D eigenvalue weighted by atomic mass is 10.2. The van der Waals surface area contributed by atoms with E-state index in [2.05, 4.69) is 10.4 Å². The van der Waals surface area contributed by atoms with E-state index in [0.717, 1.165) is 5.56 Å². The predicted octanol–water partition coefficient (Wildman–Crippen LogP) is 3.23. The lowest BCUT2D eigenvalue weighted by Crippen LogP contribution is -2.13. The van der Waals surface area contributed by atoms with E-state index in [0.29, 0.717) is 12.4 Å². The first-order chi connectivity index (χ1) is 12.0. The van der Waals surface area contributed by atoms with E-state index in [1.54, 1.807) is 29.1 Å². The molecule has 2 aromatic carbocycles. The Hall–Kier alpha value is -3.55. The molecular weight excluding hydrogens is 327 g/mol. The average molecular weight is 340 g/mol. The number of anilines is 1. The molecule has 1 aromatic heterocycles. The number of amides is 1. The second-order valence-corrected chi connectivity index (χ2v) is 5.29. The number of carbonyl (C=O) groups excluding carboxylic acids is 1. The summed E-state index contributed by atoms with van der Waals surface area (Å²) in [7, 11) is 0. The van der Waals surface area contributed by atoms with Crippen molar-refractivity contribution in [3.8, 4) is 0 Å². The molecule has 0 aliphatic carbocycles. The first-order valence-corrected chi connectivity index (χ1v) is 7.35. The largest absolute Gasteiger partial charge is 0.305 e. The van der Waals surface area contributed by atoms with Crippen LogP contribution in [0.4, 0.5) is 15.9 Å². The Bertz CT molecular complexity index is 922. The molecule has 1 amide bonds. The third-order valence-electron chi connectivity index (χ3n) is 3.46. The SMILES string of the molecule is O=C(Nc1ccn(Cc2ccc(F)cc2)n1)c1cccc([N+](=O)[O-])c1. The van der Waals surface area contributed by atoms with Gasteiger partial charge in [-0.25, -0.2) is 4.39 Å². The van der Waals surface area contributed by atoms with Gasteiger partial charge in [0.05, 0.1) is 11.5 Å². The number of nitro benzene ring substituents is 1. The van der Waals surface area contributed by atoms with Crippen LogP contribution in [0.5, 0.6) is 0 Å². The van der Waals surface area contributed by atoms with Crippen molar-refractivity contribution < 1.29 is 14.1 Å². The van der Waals surface area contributed by atoms with Crippen LogP contribution in [0.15, 0.2) is 60.8 Å². The van der Waals surface area contributed by atoms with E-state index in [9.17, 15) is 19.3 Å². The zero-order valence-corrected chi connectivity index (χ0v) is 12.9. The normalized spacial score (nSPS) is 10.4. The summed E-state index contributed by atoms with van der Waals surface area (Å²) in [6.45, 7) is 0.424. The molecule has 0 bridgehead atoms. The quantitative estimate of drug-likeness (QED) is 0.570. The Balaban J connectivity index is 1.68. The Labute approximate surface area is 141 Å². The van der Waals surface area contributed by atoms with Crippen molar-refractivity contribution >= 4 is 17.4 Å². The van der Waals surface area contributed by atoms with Gasteiger partial charge in [-0.3, -0.25) is 19.6 Å². The summed E-state index contributed by atoms with van der Waals surface area (Å²) in [4.78, 5) is 22.4. The van der Waals surface area contributed by atoms with Gasteiger partial charge in [-0.05, 0) is 23.8 Å². The van der Waals surface area contributed by atoms with Gasteiger partial charge >= 0.3 is 0 Å². The summed E-state index contributed by atoms with van der Waals surface area (Å²) < 4.78 is 14.5. The fraction of sp³-hybridized carbons (Fsp3) is 0.0588. The fourth-order valence-corrected chi connectivity index (χ4v) is 2.24. The number of rotatable bonds is 5. The van der Waals surface area contributed by atoms with E-state index in [1.807, 2.05) is 0 Å². The maximum absolute atomic E-state index is 12.9. The van der Waals surface area contributed by atoms with Crippen LogP contribution >= 0.6 is 0 Å². The van der Waals surface area contributed by atoms with Crippen LogP contribution in [0.3, 0.4) is 0 Å². The van der Waals surface area contributed by atoms with Gasteiger partial charge in [0.15, 0.2) is 5.82 Å². The van der Waals surface area contributed by atoms with Crippen molar-refractivity contribution in [3.05, 3.63) is 87.9 Å². The van der Waals surface area contributed by atoms with Crippen molar-refractivity contribution in [2.75, 3.05) is 5.32 Å². The van der Waals surface area contributed by atoms with Crippen LogP contribution in [0.1, 0.15) is 15.9 Å². The van der Waals surface area contributed by atoms with Gasteiger partial charge in [0.1, 0.15) is 5.82 Å². The van der Waals surface area contributed by atoms with Crippen molar-refractivity contribution in [1.82, 2.24) is 9.78 Å². The van der Waals surface area contributed by atoms with E-state index >= 15 is 0 Å². The van der Waals surface area contributed by atoms with Crippen LogP contribution in [0, 0.1) is 15.9 Å². The van der Waals surface area contributed by atoms with Gasteiger partial charge in [-0.15, -0.1) is 0 Å². The summed E-state index contributed by atoms with van der Waals surface area (Å²) in [5.41, 5.74) is 0.873. The zero-order valence-electron chi connectivity index (χ0n) is 12.9. The molecule has 0 saturated carbocycles. The van der Waals surface area contributed by atoms with E-state index in [4.69, 9.17) is 0 Å². The Kier molecular flexibility index (Phi) is 4.51. The number of nitrogens with one attached hydrogen (secondary N) is 1. The van der Waals surface area contributed by atoms with Crippen LogP contribution in [-0.2, 0) is 6.54 Å². The van der Waals surface area contributed by atoms with E-state index < -0.39 is 10.8 Å². The van der Waals surface area contributed by atoms with Crippen LogP contribution in [-0.4, -0.2) is 20.6 Å². The Morgan fingerprint density at radius 3 is 2.68 bits per heavy atom. The summed E-state index contributed by atoms with van der Waals surface area (Å²) in [6, 6.07) is 13.1. The third-order valence-corrected chi connectivity index (χ3v) is 3.46. The van der Waals surface area contributed by atoms with Crippen molar-refractivity contribution in [1.29, 1.82) is 0 Å². The minimum atomic E-state index is -0.561. The van der Waals surface area contributed by atoms with Crippen molar-refractivity contribution in [2.24, 2.45) is 0 Å². The highest BCUT2D eigenvalue weighted by atomic mass is 19.1. The molecule has 8 heteroatoms. The minimum Gasteiger partial charge on any atom is -0.305 e. The van der Waals surface area contributed by atoms with E-state index in [-0.39, 0.29) is 17.1 Å². The molecule has 0 fully saturated rings. The van der Waals surface area contributed by atoms with Crippen molar-refractivity contribution in [3.63, 3.8) is 0 Å². The monoisotopic (exact) mass is 340 g/mol. The third kappa shape index (κ3) is 4.05. The molecule has 3 rings (SSSR count). The highest BCUT2D eigenvalue weighted by Crippen LogP contribution is 2.15. The fourth-order valence-electron chi connectivity index (χ4n) is 2.24. The molecule has 0 spiro atoms. The molecule has 0 aliphatic rings. The topological polar surface area (TPSA) is 90.1 Å². The van der Waals surface area contributed by atoms with Gasteiger partial charge in [0.25, 0.3) is 11.6 Å². The summed E-state index contributed by atoms with van der Waals surface area (Å²) in [5.74, 6) is -0.483. The number of benzene rings is 2. The first-order valence-electron chi connectivity index (χ1n) is 7.35. The second kappa shape index (κ2) is 6.91. The highest BCUT2D eigenvalue weighted by Gasteiger charge is 2.12. The number of carbonyl (C=O) groups is 1. The minimum absolute atomic E-state index is 0.158. The van der Waals surface area contributed by atoms with Gasteiger partial charge in [0, 0.05) is 30.0 Å². The lowest BCUT2D eigenvalue weighted by Gasteiger charge is -2.03. The molecular formula is C17H13FN4O3. The van der Waals surface area contributed by atoms with Gasteiger partial charge in [0.2, 0.25) is 0 Å². The number of aromatic nitrogens is 2. The number of hydrogen-bond acceptors (Lipinski definition) is 4. The smallest absolute Gasteiger partial charge is 0.270 e. The maximum Gasteiger partial charge on any atom is 0.270 e. The first kappa shape index (κ1) is 16.3. The Morgan fingerprint density at radius 1 is 1.20 bits per heavy atom.